The van der Waals surface area contributed by atoms with Gasteiger partial charge in [0.15, 0.2) is 0 Å². The molecule has 2 unspecified atom stereocenters. The number of carbonyl (C=O) groups is 3. The zero-order valence-electron chi connectivity index (χ0n) is 37.6. The molecule has 0 saturated carbocycles. The van der Waals surface area contributed by atoms with E-state index in [0.717, 1.165) is 12.8 Å². The first-order valence-corrected chi connectivity index (χ1v) is 21.1. The van der Waals surface area contributed by atoms with E-state index in [1.807, 2.05) is 0 Å². The van der Waals surface area contributed by atoms with E-state index in [1.54, 1.807) is 0 Å². The molecule has 4 heterocycles. The molecule has 11 nitrogen and oxygen atoms in total. The number of hydrogen-bond donors (Lipinski definition) is 4. The molecule has 4 fully saturated rings. The molecule has 4 aliphatic heterocycles. The van der Waals surface area contributed by atoms with Crippen LogP contribution in [-0.4, -0.2) is 93.2 Å². The zero-order chi connectivity index (χ0) is 41.6. The van der Waals surface area contributed by atoms with Crippen molar-refractivity contribution in [3.63, 3.8) is 0 Å². The second-order valence-corrected chi connectivity index (χ2v) is 23.1. The molecule has 318 valence electrons. The maximum atomic E-state index is 14.6. The first-order valence-electron chi connectivity index (χ1n) is 21.1. The maximum absolute atomic E-state index is 14.6. The summed E-state index contributed by atoms with van der Waals surface area (Å²) in [7, 11) is 0. The van der Waals surface area contributed by atoms with Crippen molar-refractivity contribution in [1.82, 2.24) is 21.3 Å². The average Bonchev–Trinajstić information content (AvgIpc) is 2.87. The van der Waals surface area contributed by atoms with Crippen LogP contribution in [0.15, 0.2) is 0 Å². The molecule has 0 aromatic rings. The molecule has 55 heavy (non-hydrogen) atoms. The van der Waals surface area contributed by atoms with Crippen LogP contribution in [0, 0.1) is 11.8 Å². The summed E-state index contributed by atoms with van der Waals surface area (Å²) in [5.41, 5.74) is -1.78. The number of nitrogens with one attached hydrogen (secondary N) is 4. The van der Waals surface area contributed by atoms with Gasteiger partial charge in [0.1, 0.15) is 18.3 Å². The van der Waals surface area contributed by atoms with Crippen LogP contribution in [0.3, 0.4) is 0 Å². The van der Waals surface area contributed by atoms with E-state index in [9.17, 15) is 14.4 Å². The van der Waals surface area contributed by atoms with Gasteiger partial charge in [0.05, 0.1) is 24.4 Å². The van der Waals surface area contributed by atoms with Crippen LogP contribution in [0.1, 0.15) is 175 Å². The lowest BCUT2D eigenvalue weighted by molar-refractivity contribution is -0.175. The van der Waals surface area contributed by atoms with Crippen LogP contribution in [-0.2, 0) is 33.3 Å². The summed E-state index contributed by atoms with van der Waals surface area (Å²) in [6, 6.07) is 0. The van der Waals surface area contributed by atoms with Gasteiger partial charge in [0.25, 0.3) is 0 Å². The van der Waals surface area contributed by atoms with Gasteiger partial charge in [0.2, 0.25) is 0 Å². The van der Waals surface area contributed by atoms with Gasteiger partial charge in [-0.25, -0.2) is 0 Å². The van der Waals surface area contributed by atoms with Crippen LogP contribution in [0.5, 0.6) is 0 Å². The number of hydrogen-bond acceptors (Lipinski definition) is 11. The van der Waals surface area contributed by atoms with Gasteiger partial charge in [-0.15, -0.1) is 0 Å². The number of carbonyl (C=O) groups excluding carboxylic acids is 3. The van der Waals surface area contributed by atoms with E-state index in [-0.39, 0.29) is 88.2 Å². The third-order valence-electron chi connectivity index (χ3n) is 11.7. The first kappa shape index (κ1) is 45.9. The third kappa shape index (κ3) is 14.2. The fourth-order valence-corrected chi connectivity index (χ4v) is 11.4. The molecule has 11 heteroatoms. The van der Waals surface area contributed by atoms with Crippen molar-refractivity contribution < 1.29 is 33.3 Å². The molecule has 0 spiro atoms. The fourth-order valence-electron chi connectivity index (χ4n) is 11.4. The molecule has 2 atom stereocenters. The van der Waals surface area contributed by atoms with E-state index in [4.69, 9.17) is 18.9 Å². The summed E-state index contributed by atoms with van der Waals surface area (Å²) >= 11 is 0. The Morgan fingerprint density at radius 2 is 0.709 bits per heavy atom. The van der Waals surface area contributed by atoms with Gasteiger partial charge in [-0.05, 0) is 130 Å². The molecule has 0 aromatic carbocycles. The Kier molecular flexibility index (Phi) is 13.4. The van der Waals surface area contributed by atoms with Crippen LogP contribution in [0.4, 0.5) is 0 Å². The molecule has 4 aliphatic rings. The molecular formula is C44H80N4O7. The largest absolute Gasteiger partial charge is 0.462 e. The lowest BCUT2D eigenvalue weighted by Crippen LogP contribution is -2.60. The summed E-state index contributed by atoms with van der Waals surface area (Å²) in [5, 5.41) is 14.7. The summed E-state index contributed by atoms with van der Waals surface area (Å²) in [5.74, 6) is -3.61. The van der Waals surface area contributed by atoms with Crippen molar-refractivity contribution in [1.29, 1.82) is 0 Å². The minimum absolute atomic E-state index is 0.0323. The number of rotatable bonds is 12. The van der Waals surface area contributed by atoms with Crippen LogP contribution in [0.2, 0.25) is 0 Å². The van der Waals surface area contributed by atoms with E-state index in [1.165, 1.54) is 0 Å². The quantitative estimate of drug-likeness (QED) is 0.122. The Bertz CT molecular complexity index is 1320. The Balaban J connectivity index is 1.64. The van der Waals surface area contributed by atoms with Crippen LogP contribution < -0.4 is 21.3 Å². The zero-order valence-corrected chi connectivity index (χ0v) is 37.6. The lowest BCUT2D eigenvalue weighted by Gasteiger charge is -2.47. The highest BCUT2D eigenvalue weighted by Crippen LogP contribution is 2.37. The van der Waals surface area contributed by atoms with Crippen molar-refractivity contribution in [2.45, 2.75) is 244 Å². The fraction of sp³-hybridized carbons (Fsp3) is 0.932. The second kappa shape index (κ2) is 16.1. The van der Waals surface area contributed by atoms with Crippen molar-refractivity contribution >= 4 is 17.9 Å². The molecule has 4 rings (SSSR count). The van der Waals surface area contributed by atoms with Gasteiger partial charge in [-0.3, -0.25) is 14.4 Å². The predicted molar refractivity (Wildman–Crippen MR) is 218 cm³/mol. The number of piperidine rings is 4. The average molecular weight is 777 g/mol. The Morgan fingerprint density at radius 3 is 1.04 bits per heavy atom. The predicted octanol–water partition coefficient (Wildman–Crippen LogP) is 6.88. The van der Waals surface area contributed by atoms with Gasteiger partial charge in [-0.1, -0.05) is 0 Å². The Hall–Kier alpha value is -1.79. The van der Waals surface area contributed by atoms with E-state index in [2.05, 4.69) is 132 Å². The highest BCUT2D eigenvalue weighted by atomic mass is 16.6. The van der Waals surface area contributed by atoms with Crippen LogP contribution >= 0.6 is 0 Å². The van der Waals surface area contributed by atoms with Gasteiger partial charge >= 0.3 is 17.9 Å². The minimum atomic E-state index is -1.10. The van der Waals surface area contributed by atoms with Gasteiger partial charge in [0, 0.05) is 89.4 Å². The lowest BCUT2D eigenvalue weighted by atomic mass is 9.80. The van der Waals surface area contributed by atoms with E-state index in [0.29, 0.717) is 38.5 Å². The minimum Gasteiger partial charge on any atom is -0.462 e. The second-order valence-electron chi connectivity index (χ2n) is 23.1. The third-order valence-corrected chi connectivity index (χ3v) is 11.7. The van der Waals surface area contributed by atoms with E-state index >= 15 is 0 Å². The Morgan fingerprint density at radius 1 is 0.436 bits per heavy atom. The highest BCUT2D eigenvalue weighted by Gasteiger charge is 2.47. The molecule has 0 aromatic heterocycles. The summed E-state index contributed by atoms with van der Waals surface area (Å²) in [6.45, 7) is 34.3. The first-order chi connectivity index (χ1) is 24.7. The molecule has 0 aliphatic carbocycles. The number of esters is 3. The molecule has 4 saturated heterocycles. The Labute approximate surface area is 334 Å². The monoisotopic (exact) mass is 777 g/mol. The summed E-state index contributed by atoms with van der Waals surface area (Å²) < 4.78 is 25.5. The van der Waals surface area contributed by atoms with E-state index < -0.39 is 29.7 Å². The van der Waals surface area contributed by atoms with Crippen molar-refractivity contribution in [2.75, 3.05) is 6.61 Å². The normalized spacial score (nSPS) is 28.4. The summed E-state index contributed by atoms with van der Waals surface area (Å²) in [4.78, 5) is 43.3. The molecular weight excluding hydrogens is 697 g/mol. The number of ether oxygens (including phenoxy) is 4. The molecule has 0 amide bonds. The van der Waals surface area contributed by atoms with Crippen molar-refractivity contribution in [3.8, 4) is 0 Å². The summed E-state index contributed by atoms with van der Waals surface area (Å²) in [6.07, 6.45) is 4.20. The van der Waals surface area contributed by atoms with Crippen molar-refractivity contribution in [3.05, 3.63) is 0 Å². The SMILES string of the molecule is CC1(C)CC(OCCC(C(=O)OC2CC(C)(C)NC(C)(C)C2)C(CC(=O)OC2CC(C)(C)NC(C)(C)C2)C(=O)OC2CC(C)(C)NC(C)(C)C2)CC(C)(C)N1. The topological polar surface area (TPSA) is 136 Å². The highest BCUT2D eigenvalue weighted by molar-refractivity contribution is 5.86. The van der Waals surface area contributed by atoms with Crippen molar-refractivity contribution in [2.24, 2.45) is 11.8 Å². The molecule has 4 N–H and O–H groups in total. The van der Waals surface area contributed by atoms with Crippen LogP contribution in [0.25, 0.3) is 0 Å². The smallest absolute Gasteiger partial charge is 0.310 e. The molecule has 0 bridgehead atoms. The standard InChI is InChI=1S/C44H80N4O7/c1-37(2)20-28(21-38(3,4)45-37)52-18-17-32(35(50)54-30-24-41(9,10)47-42(11,12)25-30)33(36(51)55-31-26-43(13,14)48-44(15,16)27-31)19-34(49)53-29-22-39(5,6)46-40(7,8)23-29/h28-33,45-48H,17-27H2,1-16H3. The van der Waals surface area contributed by atoms with Gasteiger partial charge in [-0.2, -0.15) is 0 Å². The van der Waals surface area contributed by atoms with Gasteiger partial charge < -0.3 is 40.2 Å². The molecule has 0 radical (unpaired) electrons. The maximum Gasteiger partial charge on any atom is 0.310 e.